The van der Waals surface area contributed by atoms with Gasteiger partial charge in [0.25, 0.3) is 0 Å². The molecule has 2 rings (SSSR count). The van der Waals surface area contributed by atoms with Gasteiger partial charge in [-0.25, -0.2) is 0 Å². The lowest BCUT2D eigenvalue weighted by Crippen LogP contribution is -2.35. The molecule has 2 saturated carbocycles. The SMILES string of the molecule is CCNC1CCC(C(=O)OCC)CC1.CCOC(=O)C1CCC(=O)CC1. The van der Waals surface area contributed by atoms with E-state index in [4.69, 9.17) is 9.47 Å². The van der Waals surface area contributed by atoms with Crippen LogP contribution in [0.15, 0.2) is 0 Å². The number of carbonyl (C=O) groups excluding carboxylic acids is 3. The fourth-order valence-corrected chi connectivity index (χ4v) is 3.52. The minimum absolute atomic E-state index is 0.00227. The molecule has 0 saturated heterocycles. The van der Waals surface area contributed by atoms with E-state index in [0.29, 0.717) is 44.9 Å². The molecule has 2 aliphatic rings. The summed E-state index contributed by atoms with van der Waals surface area (Å²) in [5.41, 5.74) is 0. The molecule has 0 atom stereocenters. The summed E-state index contributed by atoms with van der Waals surface area (Å²) in [6.07, 6.45) is 6.63. The van der Waals surface area contributed by atoms with Crippen LogP contribution in [-0.4, -0.2) is 43.5 Å². The molecular weight excluding hydrogens is 334 g/mol. The number of rotatable bonds is 6. The van der Waals surface area contributed by atoms with Crippen molar-refractivity contribution in [2.45, 2.75) is 78.2 Å². The van der Waals surface area contributed by atoms with Crippen molar-refractivity contribution in [3.63, 3.8) is 0 Å². The fourth-order valence-electron chi connectivity index (χ4n) is 3.52. The molecule has 0 amide bonds. The Morgan fingerprint density at radius 2 is 1.31 bits per heavy atom. The summed E-state index contributed by atoms with van der Waals surface area (Å²) in [6.45, 7) is 7.75. The van der Waals surface area contributed by atoms with Crippen LogP contribution in [0.25, 0.3) is 0 Å². The molecule has 0 aliphatic heterocycles. The lowest BCUT2D eigenvalue weighted by atomic mass is 9.86. The highest BCUT2D eigenvalue weighted by atomic mass is 16.5. The molecule has 26 heavy (non-hydrogen) atoms. The van der Waals surface area contributed by atoms with E-state index >= 15 is 0 Å². The van der Waals surface area contributed by atoms with E-state index in [-0.39, 0.29) is 29.6 Å². The highest BCUT2D eigenvalue weighted by Crippen LogP contribution is 2.25. The zero-order valence-corrected chi connectivity index (χ0v) is 16.6. The second-order valence-corrected chi connectivity index (χ2v) is 6.92. The van der Waals surface area contributed by atoms with Crippen molar-refractivity contribution in [3.8, 4) is 0 Å². The molecule has 0 aromatic heterocycles. The summed E-state index contributed by atoms with van der Waals surface area (Å²) in [5, 5.41) is 3.42. The van der Waals surface area contributed by atoms with E-state index in [9.17, 15) is 14.4 Å². The first-order valence-electron chi connectivity index (χ1n) is 10.1. The normalized spacial score (nSPS) is 23.6. The summed E-state index contributed by atoms with van der Waals surface area (Å²) in [5.74, 6) is 0.274. The van der Waals surface area contributed by atoms with E-state index in [0.717, 1.165) is 32.2 Å². The second kappa shape index (κ2) is 12.8. The zero-order chi connectivity index (χ0) is 19.4. The monoisotopic (exact) mass is 369 g/mol. The fraction of sp³-hybridized carbons (Fsp3) is 0.850. The largest absolute Gasteiger partial charge is 0.466 e. The number of ether oxygens (including phenoxy) is 2. The van der Waals surface area contributed by atoms with Crippen molar-refractivity contribution in [2.75, 3.05) is 19.8 Å². The number of ketones is 1. The number of Topliss-reactive ketones (excluding diaryl/α,β-unsaturated/α-hetero) is 1. The van der Waals surface area contributed by atoms with Crippen LogP contribution in [0.1, 0.15) is 72.1 Å². The maximum Gasteiger partial charge on any atom is 0.308 e. The maximum absolute atomic E-state index is 11.4. The van der Waals surface area contributed by atoms with E-state index in [2.05, 4.69) is 12.2 Å². The third-order valence-electron chi connectivity index (χ3n) is 5.00. The number of hydrogen-bond acceptors (Lipinski definition) is 6. The Morgan fingerprint density at radius 1 is 0.846 bits per heavy atom. The third kappa shape index (κ3) is 8.30. The molecule has 1 N–H and O–H groups in total. The van der Waals surface area contributed by atoms with Crippen LogP contribution in [0.2, 0.25) is 0 Å². The van der Waals surface area contributed by atoms with Gasteiger partial charge in [-0.05, 0) is 58.9 Å². The van der Waals surface area contributed by atoms with Gasteiger partial charge in [0.05, 0.1) is 25.0 Å². The molecule has 2 aliphatic carbocycles. The molecule has 0 heterocycles. The van der Waals surface area contributed by atoms with Crippen molar-refractivity contribution < 1.29 is 23.9 Å². The number of hydrogen-bond donors (Lipinski definition) is 1. The van der Waals surface area contributed by atoms with Crippen LogP contribution in [-0.2, 0) is 23.9 Å². The Kier molecular flexibility index (Phi) is 11.2. The third-order valence-corrected chi connectivity index (χ3v) is 5.00. The highest BCUT2D eigenvalue weighted by Gasteiger charge is 2.26. The molecule has 6 heteroatoms. The maximum atomic E-state index is 11.4. The Hall–Kier alpha value is -1.43. The van der Waals surface area contributed by atoms with Gasteiger partial charge in [-0.1, -0.05) is 6.92 Å². The van der Waals surface area contributed by atoms with E-state index in [1.807, 2.05) is 6.92 Å². The molecule has 0 bridgehead atoms. The molecule has 0 radical (unpaired) electrons. The number of nitrogens with one attached hydrogen (secondary N) is 1. The van der Waals surface area contributed by atoms with Crippen LogP contribution in [0, 0.1) is 11.8 Å². The number of carbonyl (C=O) groups is 3. The first-order chi connectivity index (χ1) is 12.5. The molecular formula is C20H35NO5. The van der Waals surface area contributed by atoms with Crippen molar-refractivity contribution >= 4 is 17.7 Å². The Labute approximate surface area is 157 Å². The standard InChI is InChI=1S/C11H21NO2.C9H14O3/c1-3-12-10-7-5-9(6-8-10)11(13)14-4-2;1-2-12-9(11)7-3-5-8(10)6-4-7/h9-10,12H,3-8H2,1-2H3;7H,2-6H2,1H3. The average Bonchev–Trinajstić information content (AvgIpc) is 2.64. The molecule has 0 aromatic carbocycles. The van der Waals surface area contributed by atoms with E-state index in [1.165, 1.54) is 0 Å². The van der Waals surface area contributed by atoms with Gasteiger partial charge in [0.15, 0.2) is 0 Å². The van der Waals surface area contributed by atoms with Crippen LogP contribution < -0.4 is 5.32 Å². The van der Waals surface area contributed by atoms with Gasteiger partial charge in [-0.2, -0.15) is 0 Å². The van der Waals surface area contributed by atoms with Gasteiger partial charge in [-0.3, -0.25) is 14.4 Å². The van der Waals surface area contributed by atoms with E-state index in [1.54, 1.807) is 6.92 Å². The first kappa shape index (κ1) is 22.6. The van der Waals surface area contributed by atoms with Gasteiger partial charge in [0.2, 0.25) is 0 Å². The minimum Gasteiger partial charge on any atom is -0.466 e. The van der Waals surface area contributed by atoms with Crippen LogP contribution in [0.4, 0.5) is 0 Å². The molecule has 150 valence electrons. The van der Waals surface area contributed by atoms with Crippen LogP contribution in [0.3, 0.4) is 0 Å². The van der Waals surface area contributed by atoms with Gasteiger partial charge < -0.3 is 14.8 Å². The summed E-state index contributed by atoms with van der Waals surface area (Å²) < 4.78 is 9.88. The first-order valence-corrected chi connectivity index (χ1v) is 10.1. The predicted molar refractivity (Wildman–Crippen MR) is 99.7 cm³/mol. The smallest absolute Gasteiger partial charge is 0.308 e. The molecule has 6 nitrogen and oxygen atoms in total. The van der Waals surface area contributed by atoms with Crippen molar-refractivity contribution in [3.05, 3.63) is 0 Å². The predicted octanol–water partition coefficient (Wildman–Crippen LogP) is 3.03. The van der Waals surface area contributed by atoms with E-state index < -0.39 is 0 Å². The molecule has 0 aromatic rings. The van der Waals surface area contributed by atoms with Gasteiger partial charge >= 0.3 is 11.9 Å². The number of esters is 2. The minimum atomic E-state index is -0.134. The lowest BCUT2D eigenvalue weighted by molar-refractivity contribution is -0.150. The zero-order valence-electron chi connectivity index (χ0n) is 16.6. The van der Waals surface area contributed by atoms with Crippen LogP contribution in [0.5, 0.6) is 0 Å². The molecule has 0 spiro atoms. The summed E-state index contributed by atoms with van der Waals surface area (Å²) >= 11 is 0. The lowest BCUT2D eigenvalue weighted by Gasteiger charge is -2.27. The quantitative estimate of drug-likeness (QED) is 0.725. The molecule has 2 fully saturated rings. The van der Waals surface area contributed by atoms with Gasteiger partial charge in [-0.15, -0.1) is 0 Å². The van der Waals surface area contributed by atoms with Gasteiger partial charge in [0, 0.05) is 18.9 Å². The summed E-state index contributed by atoms with van der Waals surface area (Å²) in [6, 6.07) is 0.616. The van der Waals surface area contributed by atoms with Crippen LogP contribution >= 0.6 is 0 Å². The second-order valence-electron chi connectivity index (χ2n) is 6.92. The van der Waals surface area contributed by atoms with Crippen molar-refractivity contribution in [2.24, 2.45) is 11.8 Å². The van der Waals surface area contributed by atoms with Crippen molar-refractivity contribution in [1.29, 1.82) is 0 Å². The Balaban J connectivity index is 0.000000263. The topological polar surface area (TPSA) is 81.7 Å². The Bertz CT molecular complexity index is 433. The van der Waals surface area contributed by atoms with Crippen molar-refractivity contribution in [1.82, 2.24) is 5.32 Å². The molecule has 0 unspecified atom stereocenters. The Morgan fingerprint density at radius 3 is 1.73 bits per heavy atom. The summed E-state index contributed by atoms with van der Waals surface area (Å²) in [7, 11) is 0. The summed E-state index contributed by atoms with van der Waals surface area (Å²) in [4.78, 5) is 33.4. The van der Waals surface area contributed by atoms with Gasteiger partial charge in [0.1, 0.15) is 5.78 Å². The highest BCUT2D eigenvalue weighted by molar-refractivity contribution is 5.82. The average molecular weight is 370 g/mol.